The molecule has 0 radical (unpaired) electrons. The van der Waals surface area contributed by atoms with Crippen LogP contribution in [0.4, 0.5) is 5.69 Å². The van der Waals surface area contributed by atoms with Crippen LogP contribution in [0.15, 0.2) is 109 Å². The highest BCUT2D eigenvalue weighted by molar-refractivity contribution is 6.30. The average Bonchev–Trinajstić information content (AvgIpc) is 2.80. The number of hydrogen-bond donors (Lipinski definition) is 1. The first kappa shape index (κ1) is 20.2. The van der Waals surface area contributed by atoms with Gasteiger partial charge in [-0.15, -0.1) is 15.3 Å². The maximum atomic E-state index is 12.6. The summed E-state index contributed by atoms with van der Waals surface area (Å²) in [6.45, 7) is 0. The highest BCUT2D eigenvalue weighted by Crippen LogP contribution is 2.17. The Hall–Kier alpha value is -4.10. The van der Waals surface area contributed by atoms with Gasteiger partial charge >= 0.3 is 5.63 Å². The van der Waals surface area contributed by atoms with Gasteiger partial charge in [-0.05, 0) is 36.4 Å². The Bertz CT molecular complexity index is 1350. The molecule has 8 heteroatoms. The highest BCUT2D eigenvalue weighted by atomic mass is 35.5. The number of hydrogen-bond acceptors (Lipinski definition) is 5. The fraction of sp³-hybridized carbons (Fsp3) is 0. The third kappa shape index (κ3) is 4.91. The summed E-state index contributed by atoms with van der Waals surface area (Å²) in [5.41, 5.74) is 3.04. The van der Waals surface area contributed by atoms with Gasteiger partial charge in [-0.3, -0.25) is 4.79 Å². The van der Waals surface area contributed by atoms with Gasteiger partial charge in [-0.25, -0.2) is 10.2 Å². The molecule has 1 amide bonds. The topological polar surface area (TPSA) is 96.4 Å². The Balaban J connectivity index is 1.63. The van der Waals surface area contributed by atoms with Gasteiger partial charge in [0.15, 0.2) is 0 Å². The van der Waals surface area contributed by atoms with E-state index in [0.29, 0.717) is 27.2 Å². The summed E-state index contributed by atoms with van der Waals surface area (Å²) in [4.78, 5) is 24.8. The second-order valence-electron chi connectivity index (χ2n) is 6.40. The van der Waals surface area contributed by atoms with Crippen LogP contribution in [0.1, 0.15) is 15.9 Å². The summed E-state index contributed by atoms with van der Waals surface area (Å²) >= 11 is 5.89. The lowest BCUT2D eigenvalue weighted by atomic mass is 10.2. The van der Waals surface area contributed by atoms with Crippen molar-refractivity contribution >= 4 is 40.0 Å². The molecule has 4 aromatic rings. The van der Waals surface area contributed by atoms with Gasteiger partial charge in [-0.2, -0.15) is 0 Å². The van der Waals surface area contributed by atoms with E-state index < -0.39 is 11.5 Å². The molecule has 0 bridgehead atoms. The zero-order valence-electron chi connectivity index (χ0n) is 16.0. The van der Waals surface area contributed by atoms with E-state index in [1.165, 1.54) is 6.07 Å². The zero-order chi connectivity index (χ0) is 21.6. The molecule has 0 fully saturated rings. The Labute approximate surface area is 181 Å². The first-order chi connectivity index (χ1) is 15.1. The van der Waals surface area contributed by atoms with Gasteiger partial charge in [0.2, 0.25) is 5.84 Å². The number of carbonyl (C=O) groups excluding carboxylic acids is 1. The molecule has 0 spiro atoms. The van der Waals surface area contributed by atoms with Crippen molar-refractivity contribution in [2.45, 2.75) is 0 Å². The number of halogens is 1. The van der Waals surface area contributed by atoms with Crippen LogP contribution < -0.4 is 11.1 Å². The van der Waals surface area contributed by atoms with Crippen LogP contribution >= 0.6 is 11.6 Å². The average molecular weight is 431 g/mol. The predicted molar refractivity (Wildman–Crippen MR) is 119 cm³/mol. The molecular weight excluding hydrogens is 416 g/mol. The van der Waals surface area contributed by atoms with Crippen LogP contribution in [0.3, 0.4) is 0 Å². The molecule has 3 aromatic carbocycles. The number of rotatable bonds is 4. The van der Waals surface area contributed by atoms with Gasteiger partial charge in [-0.1, -0.05) is 60.1 Å². The smallest absolute Gasteiger partial charge is 0.349 e. The lowest BCUT2D eigenvalue weighted by Crippen LogP contribution is -2.25. The summed E-state index contributed by atoms with van der Waals surface area (Å²) in [5.74, 6) is -0.552. The first-order valence-corrected chi connectivity index (χ1v) is 9.61. The number of fused-ring (bicyclic) bond motifs is 1. The summed E-state index contributed by atoms with van der Waals surface area (Å²) in [7, 11) is 0. The van der Waals surface area contributed by atoms with Crippen molar-refractivity contribution in [2.24, 2.45) is 15.3 Å². The second-order valence-corrected chi connectivity index (χ2v) is 6.84. The monoisotopic (exact) mass is 430 g/mol. The van der Waals surface area contributed by atoms with Crippen molar-refractivity contribution in [2.75, 3.05) is 0 Å². The van der Waals surface area contributed by atoms with E-state index >= 15 is 0 Å². The molecule has 1 N–H and O–H groups in total. The summed E-state index contributed by atoms with van der Waals surface area (Å²) in [6, 6.07) is 24.2. The Morgan fingerprint density at radius 2 is 1.61 bits per heavy atom. The second kappa shape index (κ2) is 9.15. The van der Waals surface area contributed by atoms with Crippen molar-refractivity contribution < 1.29 is 9.21 Å². The van der Waals surface area contributed by atoms with Gasteiger partial charge in [0.1, 0.15) is 11.1 Å². The normalized spacial score (nSPS) is 11.7. The molecule has 0 saturated heterocycles. The molecule has 0 saturated carbocycles. The maximum Gasteiger partial charge on any atom is 0.349 e. The molecule has 0 unspecified atom stereocenters. The predicted octanol–water partition coefficient (Wildman–Crippen LogP) is 5.32. The molecular formula is C23H15ClN4O3. The van der Waals surface area contributed by atoms with Crippen LogP contribution in [-0.4, -0.2) is 11.7 Å². The van der Waals surface area contributed by atoms with Crippen molar-refractivity contribution in [3.8, 4) is 0 Å². The van der Waals surface area contributed by atoms with Gasteiger partial charge in [0.25, 0.3) is 5.91 Å². The van der Waals surface area contributed by atoms with E-state index in [4.69, 9.17) is 16.0 Å². The lowest BCUT2D eigenvalue weighted by Gasteiger charge is -2.03. The van der Waals surface area contributed by atoms with E-state index in [2.05, 4.69) is 20.8 Å². The van der Waals surface area contributed by atoms with Crippen molar-refractivity contribution in [3.05, 3.63) is 111 Å². The molecule has 4 rings (SSSR count). The molecule has 1 heterocycles. The summed E-state index contributed by atoms with van der Waals surface area (Å²) < 4.78 is 5.20. The lowest BCUT2D eigenvalue weighted by molar-refractivity contribution is 0.0951. The van der Waals surface area contributed by atoms with Crippen LogP contribution in [0, 0.1) is 0 Å². The van der Waals surface area contributed by atoms with E-state index in [0.717, 1.165) is 0 Å². The summed E-state index contributed by atoms with van der Waals surface area (Å²) in [6.07, 6.45) is 0. The quantitative estimate of drug-likeness (QED) is 0.156. The number of amides is 1. The van der Waals surface area contributed by atoms with Crippen molar-refractivity contribution in [1.82, 2.24) is 5.43 Å². The molecule has 0 aliphatic heterocycles. The minimum Gasteiger partial charge on any atom is -0.422 e. The van der Waals surface area contributed by atoms with Gasteiger partial charge in [0, 0.05) is 16.0 Å². The number of para-hydroxylation sites is 1. The van der Waals surface area contributed by atoms with E-state index in [1.807, 2.05) is 18.2 Å². The molecule has 7 nitrogen and oxygen atoms in total. The SMILES string of the molecule is O=C(N/N=C(\N=Nc1ccc(Cl)cc1)c1ccccc1)c1cc2ccccc2oc1=O. The third-order valence-corrected chi connectivity index (χ3v) is 4.52. The van der Waals surface area contributed by atoms with E-state index in [-0.39, 0.29) is 11.4 Å². The number of nitrogens with zero attached hydrogens (tertiary/aromatic N) is 3. The number of azo groups is 1. The van der Waals surface area contributed by atoms with Crippen LogP contribution in [0.25, 0.3) is 11.0 Å². The maximum absolute atomic E-state index is 12.6. The molecule has 1 aromatic heterocycles. The van der Waals surface area contributed by atoms with Crippen LogP contribution in [-0.2, 0) is 0 Å². The molecule has 0 aliphatic rings. The van der Waals surface area contributed by atoms with Crippen molar-refractivity contribution in [3.63, 3.8) is 0 Å². The molecule has 0 atom stereocenters. The van der Waals surface area contributed by atoms with Gasteiger partial charge < -0.3 is 4.42 Å². The van der Waals surface area contributed by atoms with Gasteiger partial charge in [0.05, 0.1) is 5.69 Å². The summed E-state index contributed by atoms with van der Waals surface area (Å²) in [5, 5.41) is 13.6. The van der Waals surface area contributed by atoms with Crippen LogP contribution in [0.2, 0.25) is 5.02 Å². The minimum absolute atomic E-state index is 0.161. The van der Waals surface area contributed by atoms with E-state index in [1.54, 1.807) is 60.7 Å². The first-order valence-electron chi connectivity index (χ1n) is 9.24. The molecule has 31 heavy (non-hydrogen) atoms. The fourth-order valence-electron chi connectivity index (χ4n) is 2.73. The number of benzene rings is 3. The number of nitrogens with one attached hydrogen (secondary N) is 1. The van der Waals surface area contributed by atoms with E-state index in [9.17, 15) is 9.59 Å². The minimum atomic E-state index is -0.754. The Kier molecular flexibility index (Phi) is 5.96. The Morgan fingerprint density at radius 3 is 2.39 bits per heavy atom. The number of carbonyl (C=O) groups is 1. The third-order valence-electron chi connectivity index (χ3n) is 4.27. The number of amidine groups is 1. The number of hydrazone groups is 1. The largest absolute Gasteiger partial charge is 0.422 e. The fourth-order valence-corrected chi connectivity index (χ4v) is 2.85. The van der Waals surface area contributed by atoms with Crippen LogP contribution in [0.5, 0.6) is 0 Å². The Morgan fingerprint density at radius 1 is 0.903 bits per heavy atom. The van der Waals surface area contributed by atoms with Crippen molar-refractivity contribution in [1.29, 1.82) is 0 Å². The molecule has 0 aliphatic carbocycles. The highest BCUT2D eigenvalue weighted by Gasteiger charge is 2.14. The standard InChI is InChI=1S/C23H15ClN4O3/c24-17-10-12-18(13-11-17)25-26-21(15-6-2-1-3-7-15)27-28-22(29)19-14-16-8-4-5-9-20(16)31-23(19)30/h1-14H,(H,28,29)/b26-25?,27-21-. The zero-order valence-corrected chi connectivity index (χ0v) is 16.8. The molecule has 152 valence electrons.